The number of para-hydroxylation sites is 1. The molecule has 0 saturated heterocycles. The van der Waals surface area contributed by atoms with Crippen LogP contribution in [0.1, 0.15) is 40.3 Å². The average Bonchev–Trinajstić information content (AvgIpc) is 2.73. The van der Waals surface area contributed by atoms with Crippen molar-refractivity contribution in [1.29, 1.82) is 0 Å². The van der Waals surface area contributed by atoms with Gasteiger partial charge < -0.3 is 14.6 Å². The fraction of sp³-hybridized carbons (Fsp3) is 0.227. The van der Waals surface area contributed by atoms with Crippen LogP contribution in [0, 0.1) is 6.92 Å². The highest BCUT2D eigenvalue weighted by molar-refractivity contribution is 6.04. The molecule has 0 unspecified atom stereocenters. The van der Waals surface area contributed by atoms with Crippen molar-refractivity contribution in [3.63, 3.8) is 0 Å². The minimum Gasteiger partial charge on any atom is -0.452 e. The van der Waals surface area contributed by atoms with Crippen molar-refractivity contribution in [3.05, 3.63) is 69.6 Å². The van der Waals surface area contributed by atoms with E-state index in [2.05, 4.69) is 10.3 Å². The first-order valence-corrected chi connectivity index (χ1v) is 9.40. The second-order valence-corrected chi connectivity index (χ2v) is 6.68. The van der Waals surface area contributed by atoms with Gasteiger partial charge in [0.1, 0.15) is 5.69 Å². The Morgan fingerprint density at radius 2 is 1.87 bits per heavy atom. The van der Waals surface area contributed by atoms with Crippen LogP contribution in [0.2, 0.25) is 0 Å². The molecule has 8 heteroatoms. The molecule has 0 atom stereocenters. The van der Waals surface area contributed by atoms with E-state index in [-0.39, 0.29) is 16.9 Å². The van der Waals surface area contributed by atoms with Crippen LogP contribution in [-0.2, 0) is 16.1 Å². The molecular formula is C22H21N3O5. The lowest BCUT2D eigenvalue weighted by Gasteiger charge is -2.11. The smallest absolute Gasteiger partial charge is 0.338 e. The quantitative estimate of drug-likeness (QED) is 0.497. The standard InChI is InChI=1S/C22H21N3O5/c1-4-25-19-10-9-15(11-18(19)23-13(2)21(25)28)22(29)30-12-20(27)24-17-8-6-5-7-16(17)14(3)26/h5-11H,4,12H2,1-3H3,(H,24,27). The van der Waals surface area contributed by atoms with Gasteiger partial charge in [0.05, 0.1) is 22.3 Å². The number of anilines is 1. The van der Waals surface area contributed by atoms with E-state index in [4.69, 9.17) is 4.74 Å². The van der Waals surface area contributed by atoms with Crippen LogP contribution in [0.25, 0.3) is 11.0 Å². The van der Waals surface area contributed by atoms with E-state index in [1.54, 1.807) is 41.8 Å². The molecule has 0 saturated carbocycles. The largest absolute Gasteiger partial charge is 0.452 e. The molecule has 3 rings (SSSR count). The average molecular weight is 407 g/mol. The number of nitrogens with one attached hydrogen (secondary N) is 1. The van der Waals surface area contributed by atoms with Crippen LogP contribution >= 0.6 is 0 Å². The molecule has 1 heterocycles. The fourth-order valence-electron chi connectivity index (χ4n) is 3.12. The summed E-state index contributed by atoms with van der Waals surface area (Å²) < 4.78 is 6.67. The van der Waals surface area contributed by atoms with Crippen LogP contribution < -0.4 is 10.9 Å². The lowest BCUT2D eigenvalue weighted by molar-refractivity contribution is -0.119. The number of nitrogens with zero attached hydrogens (tertiary/aromatic N) is 2. The maximum Gasteiger partial charge on any atom is 0.338 e. The number of esters is 1. The number of ether oxygens (including phenoxy) is 1. The zero-order valence-electron chi connectivity index (χ0n) is 16.9. The van der Waals surface area contributed by atoms with Crippen LogP contribution in [0.5, 0.6) is 0 Å². The van der Waals surface area contributed by atoms with Crippen molar-refractivity contribution >= 4 is 34.4 Å². The van der Waals surface area contributed by atoms with Gasteiger partial charge in [0, 0.05) is 12.1 Å². The minimum atomic E-state index is -0.694. The van der Waals surface area contributed by atoms with Crippen molar-refractivity contribution in [2.24, 2.45) is 0 Å². The third-order valence-electron chi connectivity index (χ3n) is 4.58. The Balaban J connectivity index is 1.73. The van der Waals surface area contributed by atoms with Gasteiger partial charge in [0.15, 0.2) is 12.4 Å². The van der Waals surface area contributed by atoms with Crippen LogP contribution in [-0.4, -0.2) is 33.8 Å². The van der Waals surface area contributed by atoms with Gasteiger partial charge in [-0.3, -0.25) is 14.4 Å². The Kier molecular flexibility index (Phi) is 6.06. The molecule has 0 aliphatic carbocycles. The zero-order chi connectivity index (χ0) is 21.8. The summed E-state index contributed by atoms with van der Waals surface area (Å²) in [5.41, 5.74) is 2.20. The maximum absolute atomic E-state index is 12.4. The van der Waals surface area contributed by atoms with E-state index >= 15 is 0 Å². The molecule has 0 aliphatic rings. The number of benzene rings is 2. The second kappa shape index (κ2) is 8.69. The summed E-state index contributed by atoms with van der Waals surface area (Å²) in [4.78, 5) is 52.6. The number of ketones is 1. The van der Waals surface area contributed by atoms with Gasteiger partial charge in [0.2, 0.25) is 0 Å². The summed E-state index contributed by atoms with van der Waals surface area (Å²) in [5.74, 6) is -1.44. The molecule has 8 nitrogen and oxygen atoms in total. The van der Waals surface area contributed by atoms with E-state index in [1.807, 2.05) is 6.92 Å². The highest BCUT2D eigenvalue weighted by Gasteiger charge is 2.15. The monoisotopic (exact) mass is 407 g/mol. The first-order valence-electron chi connectivity index (χ1n) is 9.40. The number of Topliss-reactive ketones (excluding diaryl/α,β-unsaturated/α-hetero) is 1. The first-order chi connectivity index (χ1) is 14.3. The Hall–Kier alpha value is -3.81. The van der Waals surface area contributed by atoms with Gasteiger partial charge in [-0.25, -0.2) is 9.78 Å². The van der Waals surface area contributed by atoms with E-state index in [1.165, 1.54) is 19.1 Å². The van der Waals surface area contributed by atoms with Gasteiger partial charge in [-0.05, 0) is 51.1 Å². The molecule has 1 aromatic heterocycles. The Morgan fingerprint density at radius 1 is 1.13 bits per heavy atom. The van der Waals surface area contributed by atoms with E-state index in [9.17, 15) is 19.2 Å². The summed E-state index contributed by atoms with van der Waals surface area (Å²) in [6.07, 6.45) is 0. The van der Waals surface area contributed by atoms with Crippen LogP contribution in [0.4, 0.5) is 5.69 Å². The molecule has 0 bridgehead atoms. The topological polar surface area (TPSA) is 107 Å². The number of carbonyl (C=O) groups excluding carboxylic acids is 3. The van der Waals surface area contributed by atoms with E-state index < -0.39 is 18.5 Å². The van der Waals surface area contributed by atoms with Crippen LogP contribution in [0.3, 0.4) is 0 Å². The molecule has 0 fully saturated rings. The minimum absolute atomic E-state index is 0.178. The summed E-state index contributed by atoms with van der Waals surface area (Å²) in [7, 11) is 0. The third-order valence-corrected chi connectivity index (χ3v) is 4.58. The molecule has 1 amide bonds. The molecule has 3 aromatic rings. The van der Waals surface area contributed by atoms with Gasteiger partial charge in [-0.2, -0.15) is 0 Å². The van der Waals surface area contributed by atoms with Gasteiger partial charge >= 0.3 is 5.97 Å². The normalized spacial score (nSPS) is 10.6. The van der Waals surface area contributed by atoms with E-state index in [0.29, 0.717) is 34.5 Å². The Morgan fingerprint density at radius 3 is 2.57 bits per heavy atom. The zero-order valence-corrected chi connectivity index (χ0v) is 16.9. The molecule has 0 aliphatic heterocycles. The van der Waals surface area contributed by atoms with Crippen molar-refractivity contribution in [2.75, 3.05) is 11.9 Å². The van der Waals surface area contributed by atoms with Crippen molar-refractivity contribution in [2.45, 2.75) is 27.3 Å². The Bertz CT molecular complexity index is 1210. The highest BCUT2D eigenvalue weighted by Crippen LogP contribution is 2.16. The molecule has 0 spiro atoms. The summed E-state index contributed by atoms with van der Waals surface area (Å²) in [6, 6.07) is 11.3. The maximum atomic E-state index is 12.4. The molecule has 0 radical (unpaired) electrons. The number of hydrogen-bond donors (Lipinski definition) is 1. The number of aryl methyl sites for hydroxylation is 2. The van der Waals surface area contributed by atoms with Gasteiger partial charge in [-0.15, -0.1) is 0 Å². The second-order valence-electron chi connectivity index (χ2n) is 6.68. The third kappa shape index (κ3) is 4.27. The fourth-order valence-corrected chi connectivity index (χ4v) is 3.12. The van der Waals surface area contributed by atoms with Crippen molar-refractivity contribution in [3.8, 4) is 0 Å². The predicted octanol–water partition coefficient (Wildman–Crippen LogP) is 2.72. The SMILES string of the molecule is CCn1c(=O)c(C)nc2cc(C(=O)OCC(=O)Nc3ccccc3C(C)=O)ccc21. The molecule has 154 valence electrons. The number of fused-ring (bicyclic) bond motifs is 1. The molecule has 30 heavy (non-hydrogen) atoms. The highest BCUT2D eigenvalue weighted by atomic mass is 16.5. The molecule has 2 aromatic carbocycles. The number of aromatic nitrogens is 2. The lowest BCUT2D eigenvalue weighted by Crippen LogP contribution is -2.24. The Labute approximate surface area is 172 Å². The number of carbonyl (C=O) groups is 3. The van der Waals surface area contributed by atoms with Crippen LogP contribution in [0.15, 0.2) is 47.3 Å². The summed E-state index contributed by atoms with van der Waals surface area (Å²) >= 11 is 0. The van der Waals surface area contributed by atoms with E-state index in [0.717, 1.165) is 0 Å². The number of amides is 1. The predicted molar refractivity (Wildman–Crippen MR) is 112 cm³/mol. The van der Waals surface area contributed by atoms with Gasteiger partial charge in [-0.1, -0.05) is 12.1 Å². The molecular weight excluding hydrogens is 386 g/mol. The number of hydrogen-bond acceptors (Lipinski definition) is 6. The molecule has 1 N–H and O–H groups in total. The summed E-state index contributed by atoms with van der Waals surface area (Å²) in [6.45, 7) is 4.83. The first kappa shape index (κ1) is 20.9. The lowest BCUT2D eigenvalue weighted by atomic mass is 10.1. The van der Waals surface area contributed by atoms with Crippen molar-refractivity contribution in [1.82, 2.24) is 9.55 Å². The van der Waals surface area contributed by atoms with Crippen molar-refractivity contribution < 1.29 is 19.1 Å². The number of rotatable bonds is 6. The van der Waals surface area contributed by atoms with Gasteiger partial charge in [0.25, 0.3) is 11.5 Å². The summed E-state index contributed by atoms with van der Waals surface area (Å²) in [5, 5.41) is 2.57.